The van der Waals surface area contributed by atoms with Gasteiger partial charge in [-0.05, 0) is 29.7 Å². The van der Waals surface area contributed by atoms with Crippen molar-refractivity contribution >= 4 is 17.5 Å². The molecular weight excluding hydrogens is 456 g/mol. The highest BCUT2D eigenvalue weighted by Gasteiger charge is 2.64. The predicted octanol–water partition coefficient (Wildman–Crippen LogP) is 1.17. The molecule has 0 radical (unpaired) electrons. The number of primary amides is 1. The highest BCUT2D eigenvalue weighted by Crippen LogP contribution is 2.55. The Bertz CT molecular complexity index is 1380. The van der Waals surface area contributed by atoms with E-state index < -0.39 is 81.8 Å². The average molecular weight is 478 g/mol. The van der Waals surface area contributed by atoms with Gasteiger partial charge in [0.25, 0.3) is 5.91 Å². The number of amides is 1. The molecule has 0 aliphatic heterocycles. The first-order valence-electron chi connectivity index (χ1n) is 10.9. The highest BCUT2D eigenvalue weighted by molar-refractivity contribution is 6.24. The number of rotatable bonds is 2. The lowest BCUT2D eigenvalue weighted by Crippen LogP contribution is -2.62. The molecule has 0 spiro atoms. The molecule has 5 atom stereocenters. The molecule has 1 heterocycles. The van der Waals surface area contributed by atoms with Gasteiger partial charge in [0, 0.05) is 35.6 Å². The first-order chi connectivity index (χ1) is 16.5. The fraction of sp³-hybridized carbons (Fsp3) is 0.280. The van der Waals surface area contributed by atoms with Crippen molar-refractivity contribution in [3.63, 3.8) is 0 Å². The second-order valence-corrected chi connectivity index (χ2v) is 9.13. The number of aliphatic hydroxyl groups excluding tert-OH is 3. The summed E-state index contributed by atoms with van der Waals surface area (Å²) in [5.41, 5.74) is 1.89. The van der Waals surface area contributed by atoms with E-state index in [0.29, 0.717) is 11.3 Å². The number of benzene rings is 1. The normalized spacial score (nSPS) is 30.0. The van der Waals surface area contributed by atoms with Crippen LogP contribution in [0.15, 0.2) is 59.2 Å². The average Bonchev–Trinajstić information content (AvgIpc) is 2.82. The number of Topliss-reactive ketones (excluding diaryl/α,β-unsaturated/α-hetero) is 2. The number of ketones is 2. The number of aliphatic hydroxyl groups is 4. The van der Waals surface area contributed by atoms with Crippen LogP contribution >= 0.6 is 0 Å². The number of fused-ring (bicyclic) bond motifs is 3. The number of nitrogens with two attached hydrogens (primary N) is 1. The summed E-state index contributed by atoms with van der Waals surface area (Å²) in [6.07, 6.45) is -0.562. The Morgan fingerprint density at radius 3 is 2.49 bits per heavy atom. The molecule has 3 aliphatic carbocycles. The largest absolute Gasteiger partial charge is 0.511 e. The first-order valence-corrected chi connectivity index (χ1v) is 10.9. The van der Waals surface area contributed by atoms with E-state index in [1.165, 1.54) is 6.20 Å². The van der Waals surface area contributed by atoms with Crippen LogP contribution in [0.5, 0.6) is 5.75 Å². The smallest absolute Gasteiger partial charge is 0.255 e. The maximum atomic E-state index is 13.7. The van der Waals surface area contributed by atoms with Crippen LogP contribution in [0.25, 0.3) is 11.3 Å². The van der Waals surface area contributed by atoms with Gasteiger partial charge in [-0.2, -0.15) is 0 Å². The van der Waals surface area contributed by atoms with Gasteiger partial charge in [0.1, 0.15) is 22.8 Å². The number of allylic oxidation sites excluding steroid dienone is 1. The van der Waals surface area contributed by atoms with E-state index in [4.69, 9.17) is 5.73 Å². The molecule has 7 N–H and O–H groups in total. The lowest BCUT2D eigenvalue weighted by molar-refractivity contribution is -0.154. The summed E-state index contributed by atoms with van der Waals surface area (Å²) in [6.45, 7) is 1.67. The summed E-state index contributed by atoms with van der Waals surface area (Å²) < 4.78 is 0. The van der Waals surface area contributed by atoms with E-state index in [9.17, 15) is 39.9 Å². The molecule has 0 saturated heterocycles. The maximum absolute atomic E-state index is 13.7. The number of phenols is 1. The Labute approximate surface area is 198 Å². The Morgan fingerprint density at radius 1 is 1.14 bits per heavy atom. The molecule has 0 saturated carbocycles. The van der Waals surface area contributed by atoms with Gasteiger partial charge in [0.05, 0.1) is 17.4 Å². The van der Waals surface area contributed by atoms with Crippen LogP contribution in [0.4, 0.5) is 0 Å². The zero-order chi connectivity index (χ0) is 25.4. The van der Waals surface area contributed by atoms with E-state index >= 15 is 0 Å². The van der Waals surface area contributed by atoms with Crippen molar-refractivity contribution in [2.75, 3.05) is 0 Å². The number of hydrogen-bond donors (Lipinski definition) is 6. The molecule has 10 nitrogen and oxygen atoms in total. The van der Waals surface area contributed by atoms with Crippen LogP contribution < -0.4 is 5.73 Å². The van der Waals surface area contributed by atoms with Crippen LogP contribution in [0.1, 0.15) is 35.2 Å². The number of aromatic nitrogens is 1. The van der Waals surface area contributed by atoms with Gasteiger partial charge in [-0.3, -0.25) is 19.4 Å². The zero-order valence-corrected chi connectivity index (χ0v) is 18.5. The van der Waals surface area contributed by atoms with Crippen molar-refractivity contribution in [2.45, 2.75) is 31.0 Å². The van der Waals surface area contributed by atoms with E-state index in [2.05, 4.69) is 4.98 Å². The van der Waals surface area contributed by atoms with E-state index in [-0.39, 0.29) is 11.1 Å². The molecule has 2 aromatic rings. The van der Waals surface area contributed by atoms with Gasteiger partial charge in [-0.15, -0.1) is 0 Å². The lowest BCUT2D eigenvalue weighted by Gasteiger charge is -2.50. The van der Waals surface area contributed by atoms with Crippen molar-refractivity contribution in [2.24, 2.45) is 17.6 Å². The van der Waals surface area contributed by atoms with Crippen LogP contribution in [-0.4, -0.2) is 59.7 Å². The molecule has 0 bridgehead atoms. The summed E-state index contributed by atoms with van der Waals surface area (Å²) in [5.74, 6) is -8.87. The molecule has 180 valence electrons. The number of carbonyl (C=O) groups is 3. The fourth-order valence-corrected chi connectivity index (χ4v) is 5.72. The van der Waals surface area contributed by atoms with Crippen molar-refractivity contribution in [3.8, 4) is 17.0 Å². The number of nitrogens with zero attached hydrogens (tertiary/aromatic N) is 1. The molecule has 35 heavy (non-hydrogen) atoms. The van der Waals surface area contributed by atoms with Gasteiger partial charge in [-0.1, -0.05) is 19.1 Å². The van der Waals surface area contributed by atoms with Crippen LogP contribution in [0.3, 0.4) is 0 Å². The SMILES string of the molecule is C[C@H]1c2ccc(-c3ccccn3)c(O)c2C(=O)C2=C(O)[C@]3(O)C(=O)C(C(N)=O)=C(O)C[C@@H]3[C@@H](O)[C@@H]21. The topological polar surface area (TPSA) is 191 Å². The molecular formula is C25H22N2O8. The minimum absolute atomic E-state index is 0.149. The molecule has 3 aliphatic rings. The maximum Gasteiger partial charge on any atom is 0.255 e. The van der Waals surface area contributed by atoms with E-state index in [1.54, 1.807) is 37.3 Å². The Kier molecular flexibility index (Phi) is 4.87. The second-order valence-electron chi connectivity index (χ2n) is 9.13. The molecule has 1 aromatic carbocycles. The van der Waals surface area contributed by atoms with Crippen molar-refractivity contribution < 1.29 is 39.9 Å². The third-order valence-electron chi connectivity index (χ3n) is 7.44. The van der Waals surface area contributed by atoms with Gasteiger partial charge < -0.3 is 31.3 Å². The third-order valence-corrected chi connectivity index (χ3v) is 7.44. The van der Waals surface area contributed by atoms with Crippen LogP contribution in [0.2, 0.25) is 0 Å². The Balaban J connectivity index is 1.74. The molecule has 10 heteroatoms. The van der Waals surface area contributed by atoms with Crippen LogP contribution in [-0.2, 0) is 9.59 Å². The zero-order valence-electron chi connectivity index (χ0n) is 18.5. The highest BCUT2D eigenvalue weighted by atomic mass is 16.4. The third kappa shape index (κ3) is 2.84. The number of pyridine rings is 1. The van der Waals surface area contributed by atoms with E-state index in [1.807, 2.05) is 0 Å². The second kappa shape index (κ2) is 7.49. The number of hydrogen-bond acceptors (Lipinski definition) is 9. The summed E-state index contributed by atoms with van der Waals surface area (Å²) >= 11 is 0. The van der Waals surface area contributed by atoms with Crippen LogP contribution in [0, 0.1) is 11.8 Å². The summed E-state index contributed by atoms with van der Waals surface area (Å²) in [6, 6.07) is 8.25. The fourth-order valence-electron chi connectivity index (χ4n) is 5.72. The molecule has 0 fully saturated rings. The standard InChI is InChI=1S/C25H22N2O8/c1-9-10-5-6-11(13-4-2-3-7-27-13)19(29)16(10)21(31)18-15(9)20(30)12-8-14(28)17(24(26)34)22(32)25(12,35)23(18)33/h2-7,9,12,15,20,28-30,33,35H,8H2,1H3,(H2,26,34)/t9-,12+,15+,20+,25+/m0/s1. The van der Waals surface area contributed by atoms with Gasteiger partial charge >= 0.3 is 0 Å². The monoisotopic (exact) mass is 478 g/mol. The number of phenolic OH excluding ortho intramolecular Hbond substituents is 1. The number of aromatic hydroxyl groups is 1. The molecule has 1 amide bonds. The van der Waals surface area contributed by atoms with Crippen molar-refractivity contribution in [3.05, 3.63) is 70.3 Å². The molecule has 5 rings (SSSR count). The van der Waals surface area contributed by atoms with Crippen molar-refractivity contribution in [1.29, 1.82) is 0 Å². The Hall–Kier alpha value is -4.02. The minimum atomic E-state index is -2.86. The Morgan fingerprint density at radius 2 is 1.86 bits per heavy atom. The molecule has 0 unspecified atom stereocenters. The minimum Gasteiger partial charge on any atom is -0.511 e. The predicted molar refractivity (Wildman–Crippen MR) is 120 cm³/mol. The van der Waals surface area contributed by atoms with Gasteiger partial charge in [-0.25, -0.2) is 0 Å². The van der Waals surface area contributed by atoms with Crippen molar-refractivity contribution in [1.82, 2.24) is 4.98 Å². The molecule has 1 aromatic heterocycles. The first kappa shape index (κ1) is 22.8. The van der Waals surface area contributed by atoms with Gasteiger partial charge in [0.15, 0.2) is 11.4 Å². The van der Waals surface area contributed by atoms with E-state index in [0.717, 1.165) is 0 Å². The summed E-state index contributed by atoms with van der Waals surface area (Å²) in [5, 5.41) is 55.0. The summed E-state index contributed by atoms with van der Waals surface area (Å²) in [7, 11) is 0. The lowest BCUT2D eigenvalue weighted by atomic mass is 9.56. The summed E-state index contributed by atoms with van der Waals surface area (Å²) in [4.78, 5) is 42.7. The quantitative estimate of drug-likeness (QED) is 0.344. The number of carbonyl (C=O) groups excluding carboxylic acids is 3. The van der Waals surface area contributed by atoms with Gasteiger partial charge in [0.2, 0.25) is 5.78 Å².